The van der Waals surface area contributed by atoms with Crippen molar-refractivity contribution < 1.29 is 9.59 Å². The number of carbonyl (C=O) groups is 2. The molecule has 0 heterocycles. The Labute approximate surface area is 164 Å². The second-order valence-corrected chi connectivity index (χ2v) is 6.39. The monoisotopic (exact) mass is 382 g/mol. The van der Waals surface area contributed by atoms with E-state index < -0.39 is 0 Å². The summed E-state index contributed by atoms with van der Waals surface area (Å²) >= 11 is 5.90. The second kappa shape index (κ2) is 11.0. The summed E-state index contributed by atoms with van der Waals surface area (Å²) in [6, 6.07) is 16.5. The molecule has 0 aliphatic heterocycles. The third-order valence-corrected chi connectivity index (χ3v) is 3.98. The first-order valence-corrected chi connectivity index (χ1v) is 9.26. The minimum Gasteiger partial charge on any atom is -0.351 e. The molecule has 0 bridgehead atoms. The molecule has 0 aliphatic carbocycles. The van der Waals surface area contributed by atoms with Crippen LogP contribution in [0.15, 0.2) is 66.4 Å². The maximum absolute atomic E-state index is 12.5. The van der Waals surface area contributed by atoms with Gasteiger partial charge in [-0.1, -0.05) is 67.4 Å². The van der Waals surface area contributed by atoms with E-state index in [1.54, 1.807) is 36.4 Å². The number of benzene rings is 2. The van der Waals surface area contributed by atoms with Crippen molar-refractivity contribution in [3.8, 4) is 0 Å². The Morgan fingerprint density at radius 1 is 1.00 bits per heavy atom. The largest absolute Gasteiger partial charge is 0.351 e. The molecule has 2 N–H and O–H groups in total. The highest BCUT2D eigenvalue weighted by Gasteiger charge is 2.11. The maximum atomic E-state index is 12.5. The second-order valence-electron chi connectivity index (χ2n) is 5.95. The molecule has 0 aromatic heterocycles. The predicted octanol–water partition coefficient (Wildman–Crippen LogP) is 4.43. The average molecular weight is 383 g/mol. The van der Waals surface area contributed by atoms with Gasteiger partial charge in [-0.2, -0.15) is 0 Å². The van der Waals surface area contributed by atoms with Crippen molar-refractivity contribution in [1.82, 2.24) is 10.6 Å². The Hall–Kier alpha value is -2.85. The van der Waals surface area contributed by atoms with Gasteiger partial charge in [0, 0.05) is 17.6 Å². The molecular formula is C22H23ClN2O2. The molecule has 0 unspecified atom stereocenters. The van der Waals surface area contributed by atoms with Crippen LogP contribution in [0.25, 0.3) is 12.2 Å². The lowest BCUT2D eigenvalue weighted by Gasteiger charge is -2.10. The van der Waals surface area contributed by atoms with Crippen LogP contribution in [0.4, 0.5) is 0 Å². The van der Waals surface area contributed by atoms with E-state index >= 15 is 0 Å². The lowest BCUT2D eigenvalue weighted by molar-refractivity contribution is -0.121. The fraction of sp³-hybridized carbons (Fsp3) is 0.182. The van der Waals surface area contributed by atoms with Crippen molar-refractivity contribution in [2.24, 2.45) is 0 Å². The number of hydrogen-bond donors (Lipinski definition) is 2. The maximum Gasteiger partial charge on any atom is 0.267 e. The molecule has 0 fully saturated rings. The third-order valence-electron chi connectivity index (χ3n) is 3.73. The molecule has 27 heavy (non-hydrogen) atoms. The van der Waals surface area contributed by atoms with Gasteiger partial charge in [0.05, 0.1) is 0 Å². The van der Waals surface area contributed by atoms with E-state index in [1.807, 2.05) is 37.3 Å². The standard InChI is InChI=1S/C22H23ClN2O2/c1-2-3-15-24-22(27)20(16-18-9-12-19(23)13-10-18)25-21(26)14-11-17-7-5-4-6-8-17/h4-14,16H,2-3,15H2,1H3,(H,24,27)(H,25,26). The highest BCUT2D eigenvalue weighted by atomic mass is 35.5. The van der Waals surface area contributed by atoms with Crippen molar-refractivity contribution in [3.05, 3.63) is 82.5 Å². The van der Waals surface area contributed by atoms with Gasteiger partial charge in [-0.05, 0) is 41.8 Å². The van der Waals surface area contributed by atoms with E-state index in [9.17, 15) is 9.59 Å². The van der Waals surface area contributed by atoms with E-state index in [1.165, 1.54) is 6.08 Å². The van der Waals surface area contributed by atoms with Gasteiger partial charge in [0.1, 0.15) is 5.70 Å². The molecule has 2 rings (SSSR count). The van der Waals surface area contributed by atoms with Crippen molar-refractivity contribution in [2.75, 3.05) is 6.54 Å². The Bertz CT molecular complexity index is 812. The number of rotatable bonds is 8. The number of amides is 2. The molecule has 2 amide bonds. The topological polar surface area (TPSA) is 58.2 Å². The van der Waals surface area contributed by atoms with Crippen LogP contribution in [0.2, 0.25) is 5.02 Å². The molecule has 140 valence electrons. The minimum absolute atomic E-state index is 0.191. The lowest BCUT2D eigenvalue weighted by Crippen LogP contribution is -2.34. The van der Waals surface area contributed by atoms with E-state index in [-0.39, 0.29) is 17.5 Å². The minimum atomic E-state index is -0.371. The molecular weight excluding hydrogens is 360 g/mol. The Kier molecular flexibility index (Phi) is 8.33. The summed E-state index contributed by atoms with van der Waals surface area (Å²) < 4.78 is 0. The summed E-state index contributed by atoms with van der Waals surface area (Å²) in [5, 5.41) is 6.10. The van der Waals surface area contributed by atoms with Crippen LogP contribution in [0, 0.1) is 0 Å². The number of nitrogens with one attached hydrogen (secondary N) is 2. The molecule has 0 aliphatic rings. The average Bonchev–Trinajstić information content (AvgIpc) is 2.68. The van der Waals surface area contributed by atoms with Crippen LogP contribution in [0.3, 0.4) is 0 Å². The van der Waals surface area contributed by atoms with Crippen molar-refractivity contribution >= 4 is 35.6 Å². The van der Waals surface area contributed by atoms with Crippen molar-refractivity contribution in [2.45, 2.75) is 19.8 Å². The zero-order valence-electron chi connectivity index (χ0n) is 15.2. The summed E-state index contributed by atoms with van der Waals surface area (Å²) in [6.07, 6.45) is 6.59. The summed E-state index contributed by atoms with van der Waals surface area (Å²) in [7, 11) is 0. The van der Waals surface area contributed by atoms with Crippen molar-refractivity contribution in [1.29, 1.82) is 0 Å². The molecule has 0 saturated carbocycles. The smallest absolute Gasteiger partial charge is 0.267 e. The molecule has 0 atom stereocenters. The number of halogens is 1. The highest BCUT2D eigenvalue weighted by Crippen LogP contribution is 2.12. The number of unbranched alkanes of at least 4 members (excludes halogenated alkanes) is 1. The van der Waals surface area contributed by atoms with Crippen LogP contribution in [-0.2, 0) is 9.59 Å². The molecule has 0 spiro atoms. The van der Waals surface area contributed by atoms with Crippen LogP contribution in [0.5, 0.6) is 0 Å². The van der Waals surface area contributed by atoms with Gasteiger partial charge in [0.25, 0.3) is 5.91 Å². The van der Waals surface area contributed by atoms with E-state index in [2.05, 4.69) is 10.6 Å². The Balaban J connectivity index is 2.13. The van der Waals surface area contributed by atoms with Gasteiger partial charge in [0.2, 0.25) is 5.91 Å². The number of carbonyl (C=O) groups excluding carboxylic acids is 2. The van der Waals surface area contributed by atoms with Gasteiger partial charge in [-0.15, -0.1) is 0 Å². The molecule has 0 saturated heterocycles. The zero-order valence-corrected chi connectivity index (χ0v) is 16.0. The van der Waals surface area contributed by atoms with Crippen LogP contribution in [0.1, 0.15) is 30.9 Å². The van der Waals surface area contributed by atoms with Gasteiger partial charge in [-0.25, -0.2) is 0 Å². The zero-order chi connectivity index (χ0) is 19.5. The Morgan fingerprint density at radius 2 is 1.70 bits per heavy atom. The van der Waals surface area contributed by atoms with Crippen LogP contribution < -0.4 is 10.6 Å². The predicted molar refractivity (Wildman–Crippen MR) is 111 cm³/mol. The lowest BCUT2D eigenvalue weighted by atomic mass is 10.1. The molecule has 4 nitrogen and oxygen atoms in total. The Morgan fingerprint density at radius 3 is 2.37 bits per heavy atom. The summed E-state index contributed by atoms with van der Waals surface area (Å²) in [5.41, 5.74) is 1.87. The first-order chi connectivity index (χ1) is 13.1. The normalized spacial score (nSPS) is 11.4. The summed E-state index contributed by atoms with van der Waals surface area (Å²) in [6.45, 7) is 2.61. The summed E-state index contributed by atoms with van der Waals surface area (Å²) in [5.74, 6) is -0.690. The fourth-order valence-electron chi connectivity index (χ4n) is 2.27. The molecule has 2 aromatic rings. The van der Waals surface area contributed by atoms with Gasteiger partial charge >= 0.3 is 0 Å². The van der Waals surface area contributed by atoms with Gasteiger partial charge < -0.3 is 10.6 Å². The molecule has 0 radical (unpaired) electrons. The van der Waals surface area contributed by atoms with Gasteiger partial charge in [-0.3, -0.25) is 9.59 Å². The third kappa shape index (κ3) is 7.50. The first kappa shape index (κ1) is 20.5. The summed E-state index contributed by atoms with van der Waals surface area (Å²) in [4.78, 5) is 24.7. The molecule has 2 aromatic carbocycles. The van der Waals surface area contributed by atoms with Crippen LogP contribution in [-0.4, -0.2) is 18.4 Å². The van der Waals surface area contributed by atoms with E-state index in [0.29, 0.717) is 11.6 Å². The quantitative estimate of drug-likeness (QED) is 0.524. The van der Waals surface area contributed by atoms with E-state index in [0.717, 1.165) is 24.0 Å². The number of hydrogen-bond acceptors (Lipinski definition) is 2. The fourth-order valence-corrected chi connectivity index (χ4v) is 2.39. The van der Waals surface area contributed by atoms with Crippen LogP contribution >= 0.6 is 11.6 Å². The molecule has 5 heteroatoms. The van der Waals surface area contributed by atoms with Crippen molar-refractivity contribution in [3.63, 3.8) is 0 Å². The first-order valence-electron chi connectivity index (χ1n) is 8.88. The van der Waals surface area contributed by atoms with E-state index in [4.69, 9.17) is 11.6 Å². The SMILES string of the molecule is CCCCNC(=O)C(=Cc1ccc(Cl)cc1)NC(=O)C=Cc1ccccc1. The van der Waals surface area contributed by atoms with Gasteiger partial charge in [0.15, 0.2) is 0 Å². The highest BCUT2D eigenvalue weighted by molar-refractivity contribution is 6.30.